The summed E-state index contributed by atoms with van der Waals surface area (Å²) in [5.74, 6) is 0.449. The minimum absolute atomic E-state index is 0.225. The molecule has 0 spiro atoms. The van der Waals surface area contributed by atoms with E-state index in [0.717, 1.165) is 5.56 Å². The topological polar surface area (TPSA) is 70.8 Å². The largest absolute Gasteiger partial charge is 0.488 e. The molecule has 0 aliphatic carbocycles. The Hall–Kier alpha value is -1.92. The van der Waals surface area contributed by atoms with E-state index in [1.807, 2.05) is 0 Å². The third-order valence-corrected chi connectivity index (χ3v) is 3.77. The van der Waals surface area contributed by atoms with Crippen LogP contribution in [0.3, 0.4) is 0 Å². The summed E-state index contributed by atoms with van der Waals surface area (Å²) >= 11 is 11.9. The number of halogens is 2. The normalized spacial score (nSPS) is 10.5. The van der Waals surface area contributed by atoms with Crippen molar-refractivity contribution < 1.29 is 23.5 Å². The van der Waals surface area contributed by atoms with Gasteiger partial charge in [-0.2, -0.15) is 0 Å². The van der Waals surface area contributed by atoms with Crippen molar-refractivity contribution in [3.8, 4) is 11.7 Å². The highest BCUT2D eigenvalue weighted by Gasteiger charge is 2.16. The van der Waals surface area contributed by atoms with E-state index in [4.69, 9.17) is 37.2 Å². The zero-order valence-corrected chi connectivity index (χ0v) is 14.8. The minimum Gasteiger partial charge on any atom is -0.488 e. The fraction of sp³-hybridized carbons (Fsp3) is 0.375. The number of aryl methyl sites for hydroxylation is 1. The lowest BCUT2D eigenvalue weighted by Gasteiger charge is -2.09. The molecular weight excluding hydrogens is 357 g/mol. The van der Waals surface area contributed by atoms with Crippen molar-refractivity contribution in [2.24, 2.45) is 0 Å². The number of esters is 1. The first-order valence-corrected chi connectivity index (χ1v) is 7.99. The molecule has 1 heterocycles. The van der Waals surface area contributed by atoms with Gasteiger partial charge in [-0.25, -0.2) is 0 Å². The van der Waals surface area contributed by atoms with Crippen molar-refractivity contribution in [1.82, 2.24) is 5.16 Å². The smallest absolute Gasteiger partial charge is 0.314 e. The summed E-state index contributed by atoms with van der Waals surface area (Å²) in [6, 6.07) is 4.97. The quantitative estimate of drug-likeness (QED) is 0.516. The van der Waals surface area contributed by atoms with Crippen molar-refractivity contribution in [3.05, 3.63) is 39.5 Å². The molecule has 1 aromatic heterocycles. The van der Waals surface area contributed by atoms with Crippen LogP contribution < -0.4 is 9.47 Å². The Kier molecular flexibility index (Phi) is 6.75. The first-order chi connectivity index (χ1) is 11.5. The molecule has 0 saturated carbocycles. The van der Waals surface area contributed by atoms with Crippen LogP contribution in [-0.2, 0) is 16.0 Å². The van der Waals surface area contributed by atoms with E-state index in [9.17, 15) is 4.79 Å². The highest BCUT2D eigenvalue weighted by molar-refractivity contribution is 6.34. The predicted molar refractivity (Wildman–Crippen MR) is 89.0 cm³/mol. The van der Waals surface area contributed by atoms with E-state index in [0.29, 0.717) is 27.9 Å². The van der Waals surface area contributed by atoms with Crippen LogP contribution in [0.15, 0.2) is 22.7 Å². The highest BCUT2D eigenvalue weighted by Crippen LogP contribution is 2.28. The molecule has 0 amide bonds. The van der Waals surface area contributed by atoms with Gasteiger partial charge >= 0.3 is 11.9 Å². The van der Waals surface area contributed by atoms with Crippen molar-refractivity contribution in [3.63, 3.8) is 0 Å². The highest BCUT2D eigenvalue weighted by atomic mass is 35.5. The van der Waals surface area contributed by atoms with E-state index in [2.05, 4.69) is 9.89 Å². The number of hydrogen-bond acceptors (Lipinski definition) is 6. The monoisotopic (exact) mass is 373 g/mol. The lowest BCUT2D eigenvalue weighted by Crippen LogP contribution is -2.10. The third-order valence-electron chi connectivity index (χ3n) is 3.22. The second-order valence-corrected chi connectivity index (χ2v) is 5.73. The Bertz CT molecular complexity index is 702. The molecule has 0 fully saturated rings. The van der Waals surface area contributed by atoms with Gasteiger partial charge in [-0.05, 0) is 25.5 Å². The maximum absolute atomic E-state index is 11.2. The molecule has 0 atom stereocenters. The standard InChI is InChI=1S/C16H17Cl2NO5/c1-10-12(4-6-15(20)21-2)16(24-19-10)23-8-7-22-14-9-11(17)3-5-13(14)18/h3,5,9H,4,6-8H2,1-2H3. The Morgan fingerprint density at radius 2 is 2.00 bits per heavy atom. The van der Waals surface area contributed by atoms with Crippen LogP contribution in [0.5, 0.6) is 11.7 Å². The molecular formula is C16H17Cl2NO5. The Labute approximate surface area is 149 Å². The summed E-state index contributed by atoms with van der Waals surface area (Å²) in [5.41, 5.74) is 1.41. The van der Waals surface area contributed by atoms with E-state index >= 15 is 0 Å². The third kappa shape index (κ3) is 5.04. The predicted octanol–water partition coefficient (Wildman–Crippen LogP) is 3.85. The van der Waals surface area contributed by atoms with Gasteiger partial charge < -0.3 is 18.7 Å². The Balaban J connectivity index is 1.86. The average Bonchev–Trinajstić information content (AvgIpc) is 2.92. The van der Waals surface area contributed by atoms with Gasteiger partial charge in [-0.15, -0.1) is 0 Å². The molecule has 8 heteroatoms. The molecule has 1 aromatic carbocycles. The fourth-order valence-electron chi connectivity index (χ4n) is 1.97. The molecule has 24 heavy (non-hydrogen) atoms. The average molecular weight is 374 g/mol. The molecule has 2 aromatic rings. The number of ether oxygens (including phenoxy) is 3. The molecule has 0 saturated heterocycles. The van der Waals surface area contributed by atoms with Crippen LogP contribution in [-0.4, -0.2) is 31.4 Å². The second kappa shape index (κ2) is 8.80. The maximum atomic E-state index is 11.2. The molecule has 0 aliphatic heterocycles. The van der Waals surface area contributed by atoms with Gasteiger partial charge in [0, 0.05) is 17.5 Å². The summed E-state index contributed by atoms with van der Waals surface area (Å²) in [4.78, 5) is 11.2. The van der Waals surface area contributed by atoms with Crippen LogP contribution in [0.1, 0.15) is 17.7 Å². The van der Waals surface area contributed by atoms with Gasteiger partial charge in [0.05, 0.1) is 23.4 Å². The Morgan fingerprint density at radius 1 is 1.25 bits per heavy atom. The molecule has 0 aliphatic rings. The number of benzene rings is 1. The SMILES string of the molecule is COC(=O)CCc1c(C)noc1OCCOc1cc(Cl)ccc1Cl. The summed E-state index contributed by atoms with van der Waals surface area (Å²) < 4.78 is 20.8. The van der Waals surface area contributed by atoms with Gasteiger partial charge in [0.2, 0.25) is 0 Å². The molecule has 6 nitrogen and oxygen atoms in total. The van der Waals surface area contributed by atoms with Crippen LogP contribution in [0.2, 0.25) is 10.0 Å². The summed E-state index contributed by atoms with van der Waals surface area (Å²) in [7, 11) is 1.35. The lowest BCUT2D eigenvalue weighted by molar-refractivity contribution is -0.140. The summed E-state index contributed by atoms with van der Waals surface area (Å²) in [6.07, 6.45) is 0.655. The molecule has 0 bridgehead atoms. The van der Waals surface area contributed by atoms with Crippen LogP contribution in [0.4, 0.5) is 0 Å². The van der Waals surface area contributed by atoms with Crippen molar-refractivity contribution in [1.29, 1.82) is 0 Å². The maximum Gasteiger partial charge on any atom is 0.314 e. The zero-order chi connectivity index (χ0) is 17.5. The van der Waals surface area contributed by atoms with Crippen LogP contribution >= 0.6 is 23.2 Å². The van der Waals surface area contributed by atoms with Crippen molar-refractivity contribution in [2.45, 2.75) is 19.8 Å². The van der Waals surface area contributed by atoms with Gasteiger partial charge in [0.25, 0.3) is 0 Å². The summed E-state index contributed by atoms with van der Waals surface area (Å²) in [5, 5.41) is 4.85. The van der Waals surface area contributed by atoms with Gasteiger partial charge in [0.1, 0.15) is 19.0 Å². The number of carbonyl (C=O) groups is 1. The van der Waals surface area contributed by atoms with Crippen molar-refractivity contribution in [2.75, 3.05) is 20.3 Å². The minimum atomic E-state index is -0.305. The molecule has 0 unspecified atom stereocenters. The molecule has 2 rings (SSSR count). The zero-order valence-electron chi connectivity index (χ0n) is 13.3. The number of aromatic nitrogens is 1. The fourth-order valence-corrected chi connectivity index (χ4v) is 2.30. The van der Waals surface area contributed by atoms with E-state index in [-0.39, 0.29) is 31.6 Å². The summed E-state index contributed by atoms with van der Waals surface area (Å²) in [6.45, 7) is 2.25. The molecule has 0 N–H and O–H groups in total. The van der Waals surface area contributed by atoms with E-state index in [1.165, 1.54) is 7.11 Å². The second-order valence-electron chi connectivity index (χ2n) is 4.88. The number of rotatable bonds is 8. The first-order valence-electron chi connectivity index (χ1n) is 7.24. The van der Waals surface area contributed by atoms with Crippen molar-refractivity contribution >= 4 is 29.2 Å². The Morgan fingerprint density at radius 3 is 2.75 bits per heavy atom. The first kappa shape index (κ1) is 18.4. The van der Waals surface area contributed by atoms with Gasteiger partial charge in [-0.3, -0.25) is 4.79 Å². The van der Waals surface area contributed by atoms with Gasteiger partial charge in [-0.1, -0.05) is 28.4 Å². The van der Waals surface area contributed by atoms with E-state index < -0.39 is 0 Å². The molecule has 0 radical (unpaired) electrons. The van der Waals surface area contributed by atoms with Crippen LogP contribution in [0, 0.1) is 6.92 Å². The number of carbonyl (C=O) groups excluding carboxylic acids is 1. The van der Waals surface area contributed by atoms with Gasteiger partial charge in [0.15, 0.2) is 0 Å². The molecule has 130 valence electrons. The number of nitrogens with zero attached hydrogens (tertiary/aromatic N) is 1. The van der Waals surface area contributed by atoms with Crippen LogP contribution in [0.25, 0.3) is 0 Å². The number of methoxy groups -OCH3 is 1. The number of hydrogen-bond donors (Lipinski definition) is 0. The van der Waals surface area contributed by atoms with E-state index in [1.54, 1.807) is 25.1 Å². The lowest BCUT2D eigenvalue weighted by atomic mass is 10.1.